The van der Waals surface area contributed by atoms with Crippen molar-refractivity contribution < 1.29 is 23.8 Å². The van der Waals surface area contributed by atoms with Crippen molar-refractivity contribution in [2.45, 2.75) is 13.8 Å². The van der Waals surface area contributed by atoms with E-state index < -0.39 is 5.97 Å². The van der Waals surface area contributed by atoms with E-state index >= 15 is 0 Å². The van der Waals surface area contributed by atoms with Crippen LogP contribution in [0.3, 0.4) is 0 Å². The molecule has 0 N–H and O–H groups in total. The molecule has 1 amide bonds. The molecule has 0 saturated carbocycles. The Morgan fingerprint density at radius 2 is 1.91 bits per heavy atom. The topological polar surface area (TPSA) is 77.4 Å². The van der Waals surface area contributed by atoms with Crippen LogP contribution in [0.4, 0.5) is 5.69 Å². The van der Waals surface area contributed by atoms with E-state index in [0.717, 1.165) is 0 Å². The zero-order chi connectivity index (χ0) is 23.4. The first-order valence-corrected chi connectivity index (χ1v) is 10.6. The van der Waals surface area contributed by atoms with Gasteiger partial charge in [0.15, 0.2) is 18.1 Å². The second kappa shape index (κ2) is 10.3. The molecule has 32 heavy (non-hydrogen) atoms. The highest BCUT2D eigenvalue weighted by Gasteiger charge is 2.30. The van der Waals surface area contributed by atoms with Gasteiger partial charge in [-0.1, -0.05) is 34.8 Å². The van der Waals surface area contributed by atoms with Crippen molar-refractivity contribution in [3.05, 3.63) is 56.5 Å². The molecule has 1 heterocycles. The van der Waals surface area contributed by atoms with Crippen LogP contribution in [0.15, 0.2) is 41.0 Å². The molecule has 1 aliphatic heterocycles. The van der Waals surface area contributed by atoms with Gasteiger partial charge in [0.1, 0.15) is 0 Å². The van der Waals surface area contributed by atoms with E-state index in [0.29, 0.717) is 38.3 Å². The number of hydrogen-bond donors (Lipinski definition) is 0. The number of nitrogens with zero attached hydrogens (tertiary/aromatic N) is 2. The number of methoxy groups -OCH3 is 1. The van der Waals surface area contributed by atoms with Crippen molar-refractivity contribution >= 4 is 64.2 Å². The minimum absolute atomic E-state index is 0.194. The van der Waals surface area contributed by atoms with E-state index in [1.807, 2.05) is 0 Å². The molecule has 0 bridgehead atoms. The zero-order valence-electron chi connectivity index (χ0n) is 17.4. The van der Waals surface area contributed by atoms with E-state index in [4.69, 9.17) is 49.0 Å². The third kappa shape index (κ3) is 5.18. The fraction of sp³-hybridized carbons (Fsp3) is 0.227. The van der Waals surface area contributed by atoms with Crippen LogP contribution in [0.5, 0.6) is 11.5 Å². The number of esters is 1. The van der Waals surface area contributed by atoms with Crippen LogP contribution in [0, 0.1) is 0 Å². The van der Waals surface area contributed by atoms with Crippen molar-refractivity contribution in [1.29, 1.82) is 0 Å². The number of anilines is 1. The lowest BCUT2D eigenvalue weighted by molar-refractivity contribution is -0.145. The van der Waals surface area contributed by atoms with E-state index in [2.05, 4.69) is 5.10 Å². The van der Waals surface area contributed by atoms with Gasteiger partial charge in [0, 0.05) is 5.02 Å². The molecule has 2 aromatic rings. The Kier molecular flexibility index (Phi) is 7.66. The lowest BCUT2D eigenvalue weighted by atomic mass is 10.1. The Bertz CT molecular complexity index is 1130. The van der Waals surface area contributed by atoms with Gasteiger partial charge in [0.25, 0.3) is 5.91 Å². The lowest BCUT2D eigenvalue weighted by Gasteiger charge is -2.14. The summed E-state index contributed by atoms with van der Waals surface area (Å²) in [6.45, 7) is 3.33. The lowest BCUT2D eigenvalue weighted by Crippen LogP contribution is -2.21. The van der Waals surface area contributed by atoms with Gasteiger partial charge in [-0.3, -0.25) is 4.79 Å². The average Bonchev–Trinajstić information content (AvgIpc) is 3.02. The maximum atomic E-state index is 13.0. The zero-order valence-corrected chi connectivity index (χ0v) is 19.7. The van der Waals surface area contributed by atoms with Crippen molar-refractivity contribution in [2.75, 3.05) is 25.3 Å². The molecule has 0 aromatic heterocycles. The Labute approximate surface area is 200 Å². The summed E-state index contributed by atoms with van der Waals surface area (Å²) in [5.74, 6) is -0.410. The molecule has 10 heteroatoms. The normalized spacial score (nSPS) is 14.6. The van der Waals surface area contributed by atoms with Gasteiger partial charge in [0.05, 0.1) is 40.7 Å². The highest BCUT2D eigenvalue weighted by molar-refractivity contribution is 6.38. The van der Waals surface area contributed by atoms with Gasteiger partial charge < -0.3 is 14.2 Å². The standard InChI is InChI=1S/C22H19Cl3N2O5/c1-4-31-20(28)11-32-21-17(25)8-13(9-19(21)30-3)7-15-12(2)26-27(22(15)29)18-10-14(23)5-6-16(18)24/h5-10H,4,11H2,1-3H3. The summed E-state index contributed by atoms with van der Waals surface area (Å²) < 4.78 is 15.7. The average molecular weight is 498 g/mol. The van der Waals surface area contributed by atoms with Gasteiger partial charge >= 0.3 is 5.97 Å². The number of carbonyl (C=O) groups excluding carboxylic acids is 2. The maximum Gasteiger partial charge on any atom is 0.344 e. The number of carbonyl (C=O) groups is 2. The molecule has 3 rings (SSSR count). The molecule has 2 aromatic carbocycles. The van der Waals surface area contributed by atoms with Crippen LogP contribution >= 0.6 is 34.8 Å². The highest BCUT2D eigenvalue weighted by atomic mass is 35.5. The first-order valence-electron chi connectivity index (χ1n) is 9.47. The quantitative estimate of drug-likeness (QED) is 0.378. The minimum Gasteiger partial charge on any atom is -0.493 e. The summed E-state index contributed by atoms with van der Waals surface area (Å²) in [6, 6.07) is 8.01. The molecule has 0 radical (unpaired) electrons. The molecule has 0 fully saturated rings. The van der Waals surface area contributed by atoms with Crippen LogP contribution in [-0.4, -0.2) is 37.9 Å². The predicted molar refractivity (Wildman–Crippen MR) is 125 cm³/mol. The number of benzene rings is 2. The molecular formula is C22H19Cl3N2O5. The molecule has 0 spiro atoms. The summed E-state index contributed by atoms with van der Waals surface area (Å²) in [7, 11) is 1.44. The number of amides is 1. The van der Waals surface area contributed by atoms with Gasteiger partial charge in [-0.15, -0.1) is 0 Å². The van der Waals surface area contributed by atoms with Crippen LogP contribution in [0.2, 0.25) is 15.1 Å². The second-order valence-electron chi connectivity index (χ2n) is 6.58. The fourth-order valence-electron chi connectivity index (χ4n) is 2.96. The minimum atomic E-state index is -0.528. The summed E-state index contributed by atoms with van der Waals surface area (Å²) in [5.41, 5.74) is 1.79. The Morgan fingerprint density at radius 1 is 1.16 bits per heavy atom. The first-order chi connectivity index (χ1) is 15.2. The summed E-state index contributed by atoms with van der Waals surface area (Å²) >= 11 is 18.6. The summed E-state index contributed by atoms with van der Waals surface area (Å²) in [6.07, 6.45) is 1.63. The molecule has 0 saturated heterocycles. The van der Waals surface area contributed by atoms with E-state index in [1.165, 1.54) is 12.1 Å². The molecular weight excluding hydrogens is 479 g/mol. The fourth-order valence-corrected chi connectivity index (χ4v) is 3.60. The van der Waals surface area contributed by atoms with Crippen LogP contribution in [0.1, 0.15) is 19.4 Å². The molecule has 7 nitrogen and oxygen atoms in total. The van der Waals surface area contributed by atoms with Gasteiger partial charge in [-0.05, 0) is 55.8 Å². The van der Waals surface area contributed by atoms with E-state index in [-0.39, 0.29) is 29.9 Å². The Hall–Kier alpha value is -2.74. The number of halogens is 3. The van der Waals surface area contributed by atoms with Gasteiger partial charge in [-0.25, -0.2) is 4.79 Å². The predicted octanol–water partition coefficient (Wildman–Crippen LogP) is 5.40. The van der Waals surface area contributed by atoms with Gasteiger partial charge in [0.2, 0.25) is 0 Å². The maximum absolute atomic E-state index is 13.0. The third-order valence-corrected chi connectivity index (χ3v) is 5.24. The van der Waals surface area contributed by atoms with Crippen molar-refractivity contribution in [2.24, 2.45) is 5.10 Å². The van der Waals surface area contributed by atoms with Crippen molar-refractivity contribution in [1.82, 2.24) is 0 Å². The third-order valence-electron chi connectivity index (χ3n) is 4.40. The van der Waals surface area contributed by atoms with Crippen molar-refractivity contribution in [3.8, 4) is 11.5 Å². The van der Waals surface area contributed by atoms with Crippen LogP contribution < -0.4 is 14.5 Å². The van der Waals surface area contributed by atoms with Crippen LogP contribution in [-0.2, 0) is 14.3 Å². The summed E-state index contributed by atoms with van der Waals surface area (Å²) in [4.78, 5) is 24.6. The second-order valence-corrected chi connectivity index (χ2v) is 7.83. The molecule has 0 unspecified atom stereocenters. The number of ether oxygens (including phenoxy) is 3. The number of hydrogen-bond acceptors (Lipinski definition) is 6. The first kappa shape index (κ1) is 23.9. The number of rotatable bonds is 7. The van der Waals surface area contributed by atoms with Crippen LogP contribution in [0.25, 0.3) is 6.08 Å². The SMILES string of the molecule is CCOC(=O)COc1c(Cl)cc(C=C2C(=O)N(c3cc(Cl)ccc3Cl)N=C2C)cc1OC. The summed E-state index contributed by atoms with van der Waals surface area (Å²) in [5, 5.41) is 6.49. The van der Waals surface area contributed by atoms with E-state index in [9.17, 15) is 9.59 Å². The monoisotopic (exact) mass is 496 g/mol. The number of hydrazone groups is 1. The Balaban J connectivity index is 1.90. The molecule has 0 atom stereocenters. The van der Waals surface area contributed by atoms with Gasteiger partial charge in [-0.2, -0.15) is 10.1 Å². The molecule has 168 valence electrons. The smallest absolute Gasteiger partial charge is 0.344 e. The molecule has 1 aliphatic rings. The largest absolute Gasteiger partial charge is 0.493 e. The van der Waals surface area contributed by atoms with E-state index in [1.54, 1.807) is 50.3 Å². The highest BCUT2D eigenvalue weighted by Crippen LogP contribution is 2.38. The Morgan fingerprint density at radius 3 is 2.59 bits per heavy atom. The van der Waals surface area contributed by atoms with Crippen molar-refractivity contribution in [3.63, 3.8) is 0 Å². The molecule has 0 aliphatic carbocycles.